The van der Waals surface area contributed by atoms with Crippen LogP contribution < -0.4 is 10.1 Å². The van der Waals surface area contributed by atoms with Crippen LogP contribution in [0.3, 0.4) is 0 Å². The zero-order valence-electron chi connectivity index (χ0n) is 12.5. The summed E-state index contributed by atoms with van der Waals surface area (Å²) >= 11 is 0. The van der Waals surface area contributed by atoms with E-state index >= 15 is 0 Å². The highest BCUT2D eigenvalue weighted by Crippen LogP contribution is 2.23. The van der Waals surface area contributed by atoms with E-state index in [1.54, 1.807) is 7.11 Å². The number of rotatable bonds is 6. The minimum absolute atomic E-state index is 0.0878. The zero-order valence-corrected chi connectivity index (χ0v) is 13.3. The maximum Gasteiger partial charge on any atom is 0.120 e. The van der Waals surface area contributed by atoms with Gasteiger partial charge in [0, 0.05) is 16.7 Å². The number of ether oxygens (including phenoxy) is 1. The molecule has 1 aromatic rings. The lowest BCUT2D eigenvalue weighted by Gasteiger charge is -2.31. The van der Waals surface area contributed by atoms with Gasteiger partial charge in [-0.25, -0.2) is 0 Å². The van der Waals surface area contributed by atoms with Crippen LogP contribution in [0.5, 0.6) is 5.75 Å². The van der Waals surface area contributed by atoms with Crippen molar-refractivity contribution in [3.63, 3.8) is 0 Å². The fraction of sp³-hybridized carbons (Fsp3) is 0.600. The normalized spacial score (nSPS) is 15.0. The molecule has 0 fully saturated rings. The van der Waals surface area contributed by atoms with Gasteiger partial charge < -0.3 is 10.1 Å². The van der Waals surface area contributed by atoms with Gasteiger partial charge in [0.2, 0.25) is 0 Å². The van der Waals surface area contributed by atoms with Gasteiger partial charge in [0.15, 0.2) is 0 Å². The van der Waals surface area contributed by atoms with Crippen molar-refractivity contribution in [1.29, 1.82) is 0 Å². The first kappa shape index (κ1) is 16.2. The molecule has 0 heterocycles. The van der Waals surface area contributed by atoms with Gasteiger partial charge in [0.25, 0.3) is 0 Å². The van der Waals surface area contributed by atoms with Crippen LogP contribution >= 0.6 is 0 Å². The Hall–Kier alpha value is -0.870. The molecule has 2 unspecified atom stereocenters. The molecule has 0 spiro atoms. The summed E-state index contributed by atoms with van der Waals surface area (Å²) < 4.78 is 17.6. The minimum Gasteiger partial charge on any atom is -0.497 e. The third-order valence-corrected chi connectivity index (χ3v) is 4.53. The Labute approximate surface area is 119 Å². The molecule has 1 aromatic carbocycles. The largest absolute Gasteiger partial charge is 0.497 e. The van der Waals surface area contributed by atoms with Crippen LogP contribution in [0.25, 0.3) is 0 Å². The second kappa shape index (κ2) is 7.06. The first-order chi connectivity index (χ1) is 8.88. The lowest BCUT2D eigenvalue weighted by Crippen LogP contribution is -2.44. The van der Waals surface area contributed by atoms with E-state index in [0.29, 0.717) is 5.75 Å². The second-order valence-corrected chi connectivity index (χ2v) is 7.16. The summed E-state index contributed by atoms with van der Waals surface area (Å²) in [6.45, 7) is 9.47. The molecule has 3 nitrogen and oxygen atoms in total. The van der Waals surface area contributed by atoms with E-state index in [4.69, 9.17) is 4.74 Å². The summed E-state index contributed by atoms with van der Waals surface area (Å²) in [6.07, 6.45) is 0. The number of benzene rings is 1. The minimum atomic E-state index is -1.02. The summed E-state index contributed by atoms with van der Waals surface area (Å²) in [4.78, 5) is 0.825. The Bertz CT molecular complexity index is 426. The molecule has 19 heavy (non-hydrogen) atoms. The molecule has 0 saturated carbocycles. The van der Waals surface area contributed by atoms with Crippen LogP contribution in [0.4, 0.5) is 0 Å². The predicted octanol–water partition coefficient (Wildman–Crippen LogP) is 2.83. The molecule has 108 valence electrons. The lowest BCUT2D eigenvalue weighted by molar-refractivity contribution is 0.294. The Balaban J connectivity index is 2.81. The van der Waals surface area contributed by atoms with Crippen molar-refractivity contribution < 1.29 is 8.95 Å². The fourth-order valence-electron chi connectivity index (χ4n) is 1.85. The number of hydrogen-bond acceptors (Lipinski definition) is 3. The molecule has 4 heteroatoms. The highest BCUT2D eigenvalue weighted by atomic mass is 32.2. The maximum atomic E-state index is 12.5. The molecule has 0 radical (unpaired) electrons. The molecule has 0 aromatic heterocycles. The molecule has 1 N–H and O–H groups in total. The van der Waals surface area contributed by atoms with Gasteiger partial charge in [-0.15, -0.1) is 0 Å². The van der Waals surface area contributed by atoms with E-state index in [0.717, 1.165) is 17.2 Å². The van der Waals surface area contributed by atoms with Crippen molar-refractivity contribution >= 4 is 10.8 Å². The molecule has 0 aliphatic carbocycles. The summed E-state index contributed by atoms with van der Waals surface area (Å²) in [5.74, 6) is 1.37. The second-order valence-electron chi connectivity index (χ2n) is 5.67. The Kier molecular flexibility index (Phi) is 6.01. The quantitative estimate of drug-likeness (QED) is 0.872. The summed E-state index contributed by atoms with van der Waals surface area (Å²) in [5, 5.41) is 3.43. The molecule has 0 saturated heterocycles. The molecule has 0 amide bonds. The Morgan fingerprint density at radius 1 is 1.37 bits per heavy atom. The monoisotopic (exact) mass is 283 g/mol. The van der Waals surface area contributed by atoms with Gasteiger partial charge in [-0.05, 0) is 30.2 Å². The molecule has 2 atom stereocenters. The maximum absolute atomic E-state index is 12.5. The predicted molar refractivity (Wildman–Crippen MR) is 81.2 cm³/mol. The first-order valence-electron chi connectivity index (χ1n) is 6.64. The van der Waals surface area contributed by atoms with E-state index in [1.807, 2.05) is 24.3 Å². The molecule has 0 aliphatic heterocycles. The van der Waals surface area contributed by atoms with Crippen LogP contribution in [0.15, 0.2) is 29.2 Å². The van der Waals surface area contributed by atoms with E-state index in [-0.39, 0.29) is 11.5 Å². The lowest BCUT2D eigenvalue weighted by atomic mass is 9.88. The number of nitrogens with one attached hydrogen (secondary N) is 1. The van der Waals surface area contributed by atoms with Gasteiger partial charge in [0.1, 0.15) is 5.75 Å². The van der Waals surface area contributed by atoms with E-state index in [1.165, 1.54) is 0 Å². The third kappa shape index (κ3) is 4.96. The third-order valence-electron chi connectivity index (χ3n) is 3.12. The first-order valence-corrected chi connectivity index (χ1v) is 7.96. The number of methoxy groups -OCH3 is 1. The van der Waals surface area contributed by atoms with Crippen molar-refractivity contribution in [2.24, 2.45) is 5.41 Å². The Morgan fingerprint density at radius 3 is 2.58 bits per heavy atom. The van der Waals surface area contributed by atoms with Crippen LogP contribution in [0, 0.1) is 5.41 Å². The van der Waals surface area contributed by atoms with Gasteiger partial charge in [-0.1, -0.05) is 33.8 Å². The smallest absolute Gasteiger partial charge is 0.120 e. The van der Waals surface area contributed by atoms with Crippen LogP contribution in [0.1, 0.15) is 27.7 Å². The molecular formula is C15H25NO2S. The highest BCUT2D eigenvalue weighted by Gasteiger charge is 2.26. The standard InChI is InChI=1S/C15H25NO2S/c1-6-16-14(15(2,3)4)11-19(17)13-9-7-8-12(10-13)18-5/h7-10,14,16H,6,11H2,1-5H3. The van der Waals surface area contributed by atoms with Gasteiger partial charge in [-0.2, -0.15) is 0 Å². The average molecular weight is 283 g/mol. The number of hydrogen-bond donors (Lipinski definition) is 1. The van der Waals surface area contributed by atoms with Crippen LogP contribution in [0.2, 0.25) is 0 Å². The zero-order chi connectivity index (χ0) is 14.5. The fourth-order valence-corrected chi connectivity index (χ4v) is 3.44. The molecular weight excluding hydrogens is 258 g/mol. The Morgan fingerprint density at radius 2 is 2.05 bits per heavy atom. The van der Waals surface area contributed by atoms with Crippen molar-refractivity contribution in [2.75, 3.05) is 19.4 Å². The summed E-state index contributed by atoms with van der Waals surface area (Å²) in [6, 6.07) is 7.72. The van der Waals surface area contributed by atoms with Gasteiger partial charge >= 0.3 is 0 Å². The molecule has 0 aliphatic rings. The van der Waals surface area contributed by atoms with Crippen LogP contribution in [-0.2, 0) is 10.8 Å². The van der Waals surface area contributed by atoms with Gasteiger partial charge in [-0.3, -0.25) is 4.21 Å². The van der Waals surface area contributed by atoms with E-state index < -0.39 is 10.8 Å². The SMILES string of the molecule is CCNC(CS(=O)c1cccc(OC)c1)C(C)(C)C. The highest BCUT2D eigenvalue weighted by molar-refractivity contribution is 7.85. The summed E-state index contributed by atoms with van der Waals surface area (Å²) in [7, 11) is 0.608. The molecule has 1 rings (SSSR count). The van der Waals surface area contributed by atoms with Crippen molar-refractivity contribution in [3.05, 3.63) is 24.3 Å². The van der Waals surface area contributed by atoms with Crippen molar-refractivity contribution in [1.82, 2.24) is 5.32 Å². The van der Waals surface area contributed by atoms with Gasteiger partial charge in [0.05, 0.1) is 17.9 Å². The average Bonchev–Trinajstić information content (AvgIpc) is 2.37. The van der Waals surface area contributed by atoms with Crippen molar-refractivity contribution in [2.45, 2.75) is 38.6 Å². The topological polar surface area (TPSA) is 38.3 Å². The van der Waals surface area contributed by atoms with Crippen LogP contribution in [-0.4, -0.2) is 29.7 Å². The molecule has 0 bridgehead atoms. The summed E-state index contributed by atoms with van der Waals surface area (Å²) in [5.41, 5.74) is 0.0878. The van der Waals surface area contributed by atoms with E-state index in [9.17, 15) is 4.21 Å². The van der Waals surface area contributed by atoms with Crippen molar-refractivity contribution in [3.8, 4) is 5.75 Å². The van der Waals surface area contributed by atoms with E-state index in [2.05, 4.69) is 33.0 Å².